The van der Waals surface area contributed by atoms with Crippen molar-refractivity contribution in [2.75, 3.05) is 12.3 Å². The van der Waals surface area contributed by atoms with Crippen molar-refractivity contribution in [3.8, 4) is 0 Å². The predicted molar refractivity (Wildman–Crippen MR) is 244 cm³/mol. The van der Waals surface area contributed by atoms with Gasteiger partial charge in [-0.25, -0.2) is 0 Å². The second kappa shape index (κ2) is 17.1. The van der Waals surface area contributed by atoms with Gasteiger partial charge in [-0.3, -0.25) is 0 Å². The Morgan fingerprint density at radius 2 is 0.784 bits per heavy atom. The molecule has 0 nitrogen and oxygen atoms in total. The quantitative estimate of drug-likeness (QED) is 0.145. The summed E-state index contributed by atoms with van der Waals surface area (Å²) >= 11 is 7.72. The lowest BCUT2D eigenvalue weighted by atomic mass is 9.75. The molecule has 2 aromatic rings. The molecule has 292 valence electrons. The van der Waals surface area contributed by atoms with Crippen LogP contribution in [-0.4, -0.2) is 12.3 Å². The van der Waals surface area contributed by atoms with Crippen LogP contribution in [0.1, 0.15) is 223 Å². The van der Waals surface area contributed by atoms with Crippen molar-refractivity contribution in [3.63, 3.8) is 0 Å². The van der Waals surface area contributed by atoms with Gasteiger partial charge in [0.25, 0.3) is 0 Å². The molecule has 2 rings (SSSR count). The van der Waals surface area contributed by atoms with Gasteiger partial charge in [0, 0.05) is 5.73 Å². The van der Waals surface area contributed by atoms with Gasteiger partial charge in [-0.1, -0.05) is 213 Å². The van der Waals surface area contributed by atoms with Crippen LogP contribution in [0.3, 0.4) is 0 Å². The summed E-state index contributed by atoms with van der Waals surface area (Å²) in [6.07, 6.45) is 12.8. The lowest BCUT2D eigenvalue weighted by Gasteiger charge is -2.44. The molecule has 0 amide bonds. The number of hydrogen-bond donors (Lipinski definition) is 0. The van der Waals surface area contributed by atoms with Gasteiger partial charge >= 0.3 is 0 Å². The highest BCUT2D eigenvalue weighted by Crippen LogP contribution is 2.77. The van der Waals surface area contributed by atoms with Crippen LogP contribution in [0, 0.1) is 0 Å². The average Bonchev–Trinajstić information content (AvgIpc) is 2.95. The van der Waals surface area contributed by atoms with E-state index in [1.807, 2.05) is 0 Å². The van der Waals surface area contributed by atoms with Crippen LogP contribution in [0.15, 0.2) is 24.3 Å². The molecule has 2 atom stereocenters. The van der Waals surface area contributed by atoms with Crippen LogP contribution >= 0.6 is 13.3 Å². The molecule has 0 spiro atoms. The molecule has 0 aliphatic carbocycles. The Morgan fingerprint density at radius 1 is 0.451 bits per heavy atom. The molecule has 0 heterocycles. The van der Waals surface area contributed by atoms with Gasteiger partial charge in [0.2, 0.25) is 0 Å². The molecular weight excluding hydrogens is 671 g/mol. The van der Waals surface area contributed by atoms with Crippen molar-refractivity contribution < 1.29 is 0 Å². The molecule has 2 aromatic carbocycles. The lowest BCUT2D eigenvalue weighted by Crippen LogP contribution is -2.36. The van der Waals surface area contributed by atoms with E-state index >= 15 is 0 Å². The molecule has 51 heavy (non-hydrogen) atoms. The minimum absolute atomic E-state index is 0.0101. The summed E-state index contributed by atoms with van der Waals surface area (Å²) in [5.41, 5.74) is 7.12. The van der Waals surface area contributed by atoms with Crippen molar-refractivity contribution >= 4 is 35.8 Å². The average molecular weight is 755 g/mol. The molecule has 0 aliphatic heterocycles. The van der Waals surface area contributed by atoms with Crippen LogP contribution in [0.25, 0.3) is 0 Å². The van der Waals surface area contributed by atoms with E-state index in [1.165, 1.54) is 79.8 Å². The summed E-state index contributed by atoms with van der Waals surface area (Å²) in [7, 11) is -0.671. The van der Waals surface area contributed by atoms with Gasteiger partial charge in [0.05, 0.1) is 0 Å². The van der Waals surface area contributed by atoms with E-state index in [2.05, 4.69) is 163 Å². The smallest absolute Gasteiger partial charge is 0.00943 e. The topological polar surface area (TPSA) is 0 Å². The summed E-state index contributed by atoms with van der Waals surface area (Å²) in [6.45, 7) is 48.6. The van der Waals surface area contributed by atoms with E-state index in [1.54, 1.807) is 21.7 Å². The number of unbranched alkanes of at least 4 members (excludes halogenated alkanes) is 6. The molecule has 0 aromatic heterocycles. The van der Waals surface area contributed by atoms with E-state index in [9.17, 15) is 0 Å². The first-order valence-electron chi connectivity index (χ1n) is 20.7. The van der Waals surface area contributed by atoms with Gasteiger partial charge in [-0.15, -0.1) is 0 Å². The Labute approximate surface area is 326 Å². The normalized spacial score (nSPS) is 15.6. The first-order chi connectivity index (χ1) is 22.9. The lowest BCUT2D eigenvalue weighted by molar-refractivity contribution is 0.552. The van der Waals surface area contributed by atoms with Gasteiger partial charge in [0.1, 0.15) is 0 Å². The van der Waals surface area contributed by atoms with E-state index in [4.69, 9.17) is 11.8 Å². The monoisotopic (exact) mass is 755 g/mol. The van der Waals surface area contributed by atoms with Crippen molar-refractivity contribution in [1.82, 2.24) is 0 Å². The Morgan fingerprint density at radius 3 is 1.12 bits per heavy atom. The number of rotatable bonds is 13. The maximum absolute atomic E-state index is 7.72. The second-order valence-electron chi connectivity index (χ2n) is 22.0. The molecule has 2 unspecified atom stereocenters. The summed E-state index contributed by atoms with van der Waals surface area (Å²) in [5.74, 6) is 0. The van der Waals surface area contributed by atoms with Gasteiger partial charge in [-0.2, -0.15) is 0 Å². The molecule has 0 bridgehead atoms. The summed E-state index contributed by atoms with van der Waals surface area (Å²) in [4.78, 5) is 0. The fraction of sp³-hybridized carbons (Fsp3) is 0.750. The highest BCUT2D eigenvalue weighted by molar-refractivity contribution is 8.57. The molecule has 3 heteroatoms. The third-order valence-corrected chi connectivity index (χ3v) is 22.9. The zero-order chi connectivity index (χ0) is 39.6. The van der Waals surface area contributed by atoms with Crippen LogP contribution < -0.4 is 10.6 Å². The third kappa shape index (κ3) is 12.0. The SMILES string of the molecule is CCCCCCCCP(c1c(C(C)(C)C)cc(C(C)(C)C)cc1C(C)(C)C)P(=S)(CCCC)c1c(C(C)(C)C)cc(C(C)(C)C)cc1C(C)(C)C. The maximum Gasteiger partial charge on any atom is 0.00943 e. The summed E-state index contributed by atoms with van der Waals surface area (Å²) < 4.78 is 0. The minimum Gasteiger partial charge on any atom is -0.0874 e. The first-order valence-corrected chi connectivity index (χ1v) is 25.9. The van der Waals surface area contributed by atoms with Crippen LogP contribution in [-0.2, 0) is 44.3 Å². The number of benzene rings is 2. The van der Waals surface area contributed by atoms with Crippen LogP contribution in [0.2, 0.25) is 0 Å². The van der Waals surface area contributed by atoms with Crippen molar-refractivity contribution in [1.29, 1.82) is 0 Å². The molecule has 0 saturated heterocycles. The minimum atomic E-state index is -2.17. The largest absolute Gasteiger partial charge is 0.0874 e. The van der Waals surface area contributed by atoms with Gasteiger partial charge in [-0.05, 0) is 109 Å². The Balaban J connectivity index is 3.38. The molecule has 0 radical (unpaired) electrons. The van der Waals surface area contributed by atoms with Crippen LogP contribution in [0.4, 0.5) is 0 Å². The molecule has 0 aliphatic rings. The van der Waals surface area contributed by atoms with Crippen molar-refractivity contribution in [2.24, 2.45) is 0 Å². The summed E-state index contributed by atoms with van der Waals surface area (Å²) in [5, 5.41) is 3.31. The molecule has 0 N–H and O–H groups in total. The zero-order valence-electron chi connectivity index (χ0n) is 37.7. The van der Waals surface area contributed by atoms with Crippen molar-refractivity contribution in [3.05, 3.63) is 57.6 Å². The van der Waals surface area contributed by atoms with Gasteiger partial charge in [0.15, 0.2) is 0 Å². The van der Waals surface area contributed by atoms with Crippen molar-refractivity contribution in [2.45, 2.75) is 222 Å². The van der Waals surface area contributed by atoms with E-state index in [0.717, 1.165) is 6.16 Å². The second-order valence-corrected chi connectivity index (χ2v) is 32.2. The van der Waals surface area contributed by atoms with E-state index in [0.29, 0.717) is 0 Å². The van der Waals surface area contributed by atoms with E-state index in [-0.39, 0.29) is 32.5 Å². The molecule has 0 fully saturated rings. The molecule has 0 saturated carbocycles. The highest BCUT2D eigenvalue weighted by atomic mass is 32.6. The summed E-state index contributed by atoms with van der Waals surface area (Å²) in [6, 6.07) is 10.5. The first kappa shape index (κ1) is 46.7. The predicted octanol–water partition coefficient (Wildman–Crippen LogP) is 15.5. The Hall–Kier alpha value is -0.480. The molecular formula is C48H84P2S. The highest BCUT2D eigenvalue weighted by Gasteiger charge is 2.43. The standard InChI is InChI=1S/C48H84P2S/c1-21-23-25-26-27-28-29-49(41-37(45(9,10)11)31-35(43(3,4)5)32-38(41)46(12,13)14)50(51,30-24-22-2)42-39(47(15,16)17)33-36(44(6,7)8)34-40(42)48(18,19)20/h31-34H,21-30H2,1-20H3. The fourth-order valence-electron chi connectivity index (χ4n) is 7.28. The van der Waals surface area contributed by atoms with Gasteiger partial charge < -0.3 is 0 Å². The van der Waals surface area contributed by atoms with Crippen LogP contribution in [0.5, 0.6) is 0 Å². The fourth-order valence-corrected chi connectivity index (χ4v) is 21.0. The Bertz CT molecular complexity index is 1410. The third-order valence-electron chi connectivity index (χ3n) is 10.7. The van der Waals surface area contributed by atoms with E-state index < -0.39 is 13.3 Å². The zero-order valence-corrected chi connectivity index (χ0v) is 40.3. The Kier molecular flexibility index (Phi) is 15.7. The number of hydrogen-bond acceptors (Lipinski definition) is 1. The maximum atomic E-state index is 7.72.